The topological polar surface area (TPSA) is 49.9 Å². The van der Waals surface area contributed by atoms with Gasteiger partial charge in [-0.1, -0.05) is 53.5 Å². The number of hydrogen-bond acceptors (Lipinski definition) is 5. The van der Waals surface area contributed by atoms with Gasteiger partial charge in [0, 0.05) is 4.88 Å². The third-order valence-electron chi connectivity index (χ3n) is 5.12. The minimum absolute atomic E-state index is 0.208. The second kappa shape index (κ2) is 7.15. The number of rotatable bonds is 3. The van der Waals surface area contributed by atoms with Crippen LogP contribution in [0.1, 0.15) is 10.9 Å². The maximum Gasteiger partial charge on any atom is 0.266 e. The van der Waals surface area contributed by atoms with Crippen molar-refractivity contribution in [3.05, 3.63) is 81.0 Å². The number of hydrogen-bond donors (Lipinski definition) is 0. The van der Waals surface area contributed by atoms with Gasteiger partial charge in [0.1, 0.15) is 12.0 Å². The van der Waals surface area contributed by atoms with Gasteiger partial charge in [0.2, 0.25) is 5.91 Å². The van der Waals surface area contributed by atoms with Gasteiger partial charge in [-0.25, -0.2) is 9.96 Å². The molecule has 1 aromatic heterocycles. The van der Waals surface area contributed by atoms with Crippen LogP contribution in [-0.4, -0.2) is 17.9 Å². The zero-order valence-corrected chi connectivity index (χ0v) is 17.2. The standard InChI is InChI=1S/C21H14Cl2N2O3S/c22-13-8-4-9-14(23)17(13)24-20(26)16-18(15-10-5-11-29-15)25(28-19(16)21(24)27)12-6-2-1-3-7-12/h1-11,16,18-19H/t16-,18-,19-/m0/s1. The Balaban J connectivity index is 1.60. The molecule has 0 bridgehead atoms. The Bertz CT molecular complexity index is 1070. The predicted molar refractivity (Wildman–Crippen MR) is 113 cm³/mol. The minimum Gasteiger partial charge on any atom is -0.273 e. The van der Waals surface area contributed by atoms with Crippen LogP contribution in [0.3, 0.4) is 0 Å². The van der Waals surface area contributed by atoms with Crippen LogP contribution in [0.5, 0.6) is 0 Å². The lowest BCUT2D eigenvalue weighted by atomic mass is 9.95. The number of amides is 2. The Labute approximate surface area is 181 Å². The summed E-state index contributed by atoms with van der Waals surface area (Å²) < 4.78 is 0. The van der Waals surface area contributed by atoms with Crippen molar-refractivity contribution in [3.63, 3.8) is 0 Å². The van der Waals surface area contributed by atoms with Crippen LogP contribution in [0.2, 0.25) is 10.0 Å². The van der Waals surface area contributed by atoms with E-state index < -0.39 is 24.0 Å². The third kappa shape index (κ3) is 2.87. The average molecular weight is 445 g/mol. The van der Waals surface area contributed by atoms with Crippen molar-refractivity contribution in [2.75, 3.05) is 9.96 Å². The van der Waals surface area contributed by atoms with Gasteiger partial charge in [-0.15, -0.1) is 11.3 Å². The summed E-state index contributed by atoms with van der Waals surface area (Å²) in [6, 6.07) is 17.8. The zero-order chi connectivity index (χ0) is 20.1. The molecule has 0 saturated carbocycles. The van der Waals surface area contributed by atoms with Gasteiger partial charge in [0.15, 0.2) is 6.10 Å². The Morgan fingerprint density at radius 3 is 2.24 bits per heavy atom. The molecule has 8 heteroatoms. The van der Waals surface area contributed by atoms with Crippen molar-refractivity contribution in [1.29, 1.82) is 0 Å². The molecule has 2 aliphatic rings. The molecular formula is C21H14Cl2N2O3S. The van der Waals surface area contributed by atoms with E-state index in [1.807, 2.05) is 47.8 Å². The molecule has 3 heterocycles. The normalized spacial score (nSPS) is 23.7. The van der Waals surface area contributed by atoms with Gasteiger partial charge in [-0.05, 0) is 35.7 Å². The fourth-order valence-corrected chi connectivity index (χ4v) is 5.30. The molecule has 0 aliphatic carbocycles. The van der Waals surface area contributed by atoms with E-state index in [9.17, 15) is 9.59 Å². The molecule has 146 valence electrons. The molecule has 5 nitrogen and oxygen atoms in total. The molecule has 0 radical (unpaired) electrons. The van der Waals surface area contributed by atoms with E-state index in [1.54, 1.807) is 23.3 Å². The van der Waals surface area contributed by atoms with Crippen molar-refractivity contribution >= 4 is 57.7 Å². The second-order valence-corrected chi connectivity index (χ2v) is 8.55. The van der Waals surface area contributed by atoms with E-state index in [0.29, 0.717) is 0 Å². The summed E-state index contributed by atoms with van der Waals surface area (Å²) in [7, 11) is 0. The minimum atomic E-state index is -0.942. The SMILES string of the molecule is O=C1[C@@H]2[C@H](ON(c3ccccc3)[C@H]2c2cccs2)C(=O)N1c1c(Cl)cccc1Cl. The first-order valence-electron chi connectivity index (χ1n) is 8.94. The number of benzene rings is 2. The first kappa shape index (κ1) is 18.6. The predicted octanol–water partition coefficient (Wildman–Crippen LogP) is 5.11. The summed E-state index contributed by atoms with van der Waals surface area (Å²) >= 11 is 14.1. The highest BCUT2D eigenvalue weighted by Gasteiger charge is 2.61. The van der Waals surface area contributed by atoms with Crippen molar-refractivity contribution in [3.8, 4) is 0 Å². The van der Waals surface area contributed by atoms with E-state index >= 15 is 0 Å². The van der Waals surface area contributed by atoms with Gasteiger partial charge in [-0.3, -0.25) is 14.4 Å². The van der Waals surface area contributed by atoms with Crippen molar-refractivity contribution < 1.29 is 14.4 Å². The zero-order valence-electron chi connectivity index (χ0n) is 14.9. The quantitative estimate of drug-likeness (QED) is 0.526. The van der Waals surface area contributed by atoms with Crippen LogP contribution in [0.15, 0.2) is 66.0 Å². The number of carbonyl (C=O) groups excluding carboxylic acids is 2. The fraction of sp³-hybridized carbons (Fsp3) is 0.143. The van der Waals surface area contributed by atoms with Crippen molar-refractivity contribution in [2.24, 2.45) is 5.92 Å². The van der Waals surface area contributed by atoms with Gasteiger partial charge < -0.3 is 0 Å². The molecule has 2 amide bonds. The highest BCUT2D eigenvalue weighted by Crippen LogP contribution is 2.50. The molecule has 3 atom stereocenters. The molecule has 29 heavy (non-hydrogen) atoms. The maximum atomic E-state index is 13.5. The van der Waals surface area contributed by atoms with Crippen molar-refractivity contribution in [2.45, 2.75) is 12.1 Å². The lowest BCUT2D eigenvalue weighted by Gasteiger charge is -2.28. The Kier molecular flexibility index (Phi) is 4.59. The molecule has 5 rings (SSSR count). The molecule has 0 spiro atoms. The fourth-order valence-electron chi connectivity index (χ4n) is 3.88. The number of halogens is 2. The van der Waals surface area contributed by atoms with Crippen LogP contribution in [0.25, 0.3) is 0 Å². The lowest BCUT2D eigenvalue weighted by molar-refractivity contribution is -0.126. The van der Waals surface area contributed by atoms with Gasteiger partial charge in [-0.2, -0.15) is 0 Å². The summed E-state index contributed by atoms with van der Waals surface area (Å²) in [6.07, 6.45) is -0.942. The number of anilines is 2. The maximum absolute atomic E-state index is 13.5. The largest absolute Gasteiger partial charge is 0.273 e. The first-order chi connectivity index (χ1) is 14.1. The van der Waals surface area contributed by atoms with Crippen molar-refractivity contribution in [1.82, 2.24) is 0 Å². The van der Waals surface area contributed by atoms with Gasteiger partial charge >= 0.3 is 0 Å². The van der Waals surface area contributed by atoms with E-state index in [4.69, 9.17) is 28.0 Å². The summed E-state index contributed by atoms with van der Waals surface area (Å²) in [5.41, 5.74) is 0.989. The molecule has 0 unspecified atom stereocenters. The molecule has 2 saturated heterocycles. The number of thiophene rings is 1. The molecule has 3 aromatic rings. The summed E-state index contributed by atoms with van der Waals surface area (Å²) in [4.78, 5) is 34.8. The molecule has 0 N–H and O–H groups in total. The smallest absolute Gasteiger partial charge is 0.266 e. The number of fused-ring (bicyclic) bond motifs is 1. The highest BCUT2D eigenvalue weighted by molar-refractivity contribution is 7.10. The van der Waals surface area contributed by atoms with E-state index in [1.165, 1.54) is 11.3 Å². The Morgan fingerprint density at radius 1 is 0.862 bits per heavy atom. The van der Waals surface area contributed by atoms with Crippen LogP contribution < -0.4 is 9.96 Å². The van der Waals surface area contributed by atoms with E-state index in [2.05, 4.69) is 0 Å². The summed E-state index contributed by atoms with van der Waals surface area (Å²) in [6.45, 7) is 0. The summed E-state index contributed by atoms with van der Waals surface area (Å²) in [5.74, 6) is -1.53. The first-order valence-corrected chi connectivity index (χ1v) is 10.6. The number of hydroxylamine groups is 1. The molecule has 2 fully saturated rings. The Hall–Kier alpha value is -2.38. The molecular weight excluding hydrogens is 431 g/mol. The highest BCUT2D eigenvalue weighted by atomic mass is 35.5. The monoisotopic (exact) mass is 444 g/mol. The number of imide groups is 1. The second-order valence-electron chi connectivity index (χ2n) is 6.76. The Morgan fingerprint density at radius 2 is 1.59 bits per heavy atom. The van der Waals surface area contributed by atoms with E-state index in [-0.39, 0.29) is 21.6 Å². The van der Waals surface area contributed by atoms with Crippen LogP contribution in [0, 0.1) is 5.92 Å². The van der Waals surface area contributed by atoms with Crippen LogP contribution in [0.4, 0.5) is 11.4 Å². The van der Waals surface area contributed by atoms with Gasteiger partial charge in [0.05, 0.1) is 21.4 Å². The molecule has 2 aliphatic heterocycles. The van der Waals surface area contributed by atoms with Gasteiger partial charge in [0.25, 0.3) is 5.91 Å². The number of para-hydroxylation sites is 2. The summed E-state index contributed by atoms with van der Waals surface area (Å²) in [5, 5.41) is 4.09. The lowest BCUT2D eigenvalue weighted by Crippen LogP contribution is -2.37. The van der Waals surface area contributed by atoms with E-state index in [0.717, 1.165) is 15.5 Å². The van der Waals surface area contributed by atoms with Crippen LogP contribution in [-0.2, 0) is 14.4 Å². The third-order valence-corrected chi connectivity index (χ3v) is 6.67. The average Bonchev–Trinajstić information content (AvgIpc) is 3.42. The van der Waals surface area contributed by atoms with Crippen LogP contribution >= 0.6 is 34.5 Å². The number of carbonyl (C=O) groups is 2. The number of nitrogens with zero attached hydrogens (tertiary/aromatic N) is 2. The molecule has 2 aromatic carbocycles.